The monoisotopic (exact) mass is 401 g/mol. The Kier molecular flexibility index (Phi) is 5.67. The van der Waals surface area contributed by atoms with Gasteiger partial charge in [-0.3, -0.25) is 9.69 Å². The van der Waals surface area contributed by atoms with Crippen molar-refractivity contribution in [3.8, 4) is 5.75 Å². The molecule has 29 heavy (non-hydrogen) atoms. The number of pyridine rings is 1. The molecule has 1 fully saturated rings. The Bertz CT molecular complexity index is 1040. The van der Waals surface area contributed by atoms with Crippen molar-refractivity contribution in [2.45, 2.75) is 38.5 Å². The minimum absolute atomic E-state index is 0.00703. The summed E-state index contributed by atoms with van der Waals surface area (Å²) in [4.78, 5) is 14.1. The van der Waals surface area contributed by atoms with Crippen LogP contribution in [0.4, 0.5) is 8.78 Å². The Hall–Kier alpha value is -2.67. The van der Waals surface area contributed by atoms with Gasteiger partial charge in [-0.25, -0.2) is 8.78 Å². The van der Waals surface area contributed by atoms with Gasteiger partial charge in [-0.1, -0.05) is 6.07 Å². The quantitative estimate of drug-likeness (QED) is 0.633. The van der Waals surface area contributed by atoms with Gasteiger partial charge in [0.05, 0.1) is 12.1 Å². The van der Waals surface area contributed by atoms with Crippen molar-refractivity contribution in [2.24, 2.45) is 7.05 Å². The van der Waals surface area contributed by atoms with Crippen LogP contribution in [0.5, 0.6) is 5.75 Å². The predicted octanol–water partition coefficient (Wildman–Crippen LogP) is 3.65. The van der Waals surface area contributed by atoms with E-state index in [4.69, 9.17) is 4.74 Å². The zero-order valence-corrected chi connectivity index (χ0v) is 16.4. The van der Waals surface area contributed by atoms with Gasteiger partial charge in [-0.2, -0.15) is 0 Å². The fourth-order valence-electron chi connectivity index (χ4n) is 3.92. The average molecular weight is 401 g/mol. The summed E-state index contributed by atoms with van der Waals surface area (Å²) in [5.41, 5.74) is 1.80. The zero-order valence-electron chi connectivity index (χ0n) is 16.4. The molecule has 3 heterocycles. The van der Waals surface area contributed by atoms with Crippen molar-refractivity contribution in [1.29, 1.82) is 0 Å². The van der Waals surface area contributed by atoms with E-state index in [9.17, 15) is 13.6 Å². The van der Waals surface area contributed by atoms with Crippen molar-refractivity contribution in [3.63, 3.8) is 0 Å². The topological polar surface area (TPSA) is 39.4 Å². The van der Waals surface area contributed by atoms with Gasteiger partial charge in [0.2, 0.25) is 0 Å². The van der Waals surface area contributed by atoms with Crippen LogP contribution in [0.25, 0.3) is 10.9 Å². The Morgan fingerprint density at radius 1 is 1.14 bits per heavy atom. The molecule has 0 atom stereocenters. The van der Waals surface area contributed by atoms with Gasteiger partial charge in [0.1, 0.15) is 11.9 Å². The number of likely N-dealkylation sites (tertiary alicyclic amines) is 1. The number of rotatable bonds is 6. The second kappa shape index (κ2) is 8.37. The lowest BCUT2D eigenvalue weighted by molar-refractivity contribution is 0.0979. The first-order valence-electron chi connectivity index (χ1n) is 9.90. The molecule has 154 valence electrons. The molecule has 3 aromatic rings. The predicted molar refractivity (Wildman–Crippen MR) is 109 cm³/mol. The molecular formula is C22H25F2N3O2. The summed E-state index contributed by atoms with van der Waals surface area (Å²) in [5.74, 6) is 0.750. The van der Waals surface area contributed by atoms with Crippen LogP contribution >= 0.6 is 0 Å². The highest BCUT2D eigenvalue weighted by Gasteiger charge is 2.22. The molecule has 0 saturated carbocycles. The van der Waals surface area contributed by atoms with Crippen LogP contribution in [0.15, 0.2) is 53.6 Å². The maximum Gasteiger partial charge on any atom is 0.256 e. The molecule has 0 amide bonds. The van der Waals surface area contributed by atoms with Gasteiger partial charge in [0, 0.05) is 50.5 Å². The van der Waals surface area contributed by atoms with Gasteiger partial charge in [-0.15, -0.1) is 0 Å². The number of fused-ring (bicyclic) bond motifs is 1. The standard InChI is InChI=1S/C22H25F2N3O2/c1-25-9-5-16(13-22(25)28)14-26-10-6-17(7-11-26)29-20-4-2-3-19-18(20)8-12-27(19)15-21(23)24/h2-5,8-9,12-13,17,21H,6-7,10-11,14-15H2,1H3. The summed E-state index contributed by atoms with van der Waals surface area (Å²) in [7, 11) is 1.75. The Balaban J connectivity index is 1.38. The molecule has 4 rings (SSSR count). The number of nitrogens with zero attached hydrogens (tertiary/aromatic N) is 3. The first-order chi connectivity index (χ1) is 14.0. The molecule has 7 heteroatoms. The second-order valence-electron chi connectivity index (χ2n) is 7.63. The van der Waals surface area contributed by atoms with E-state index in [1.807, 2.05) is 30.3 Å². The summed E-state index contributed by atoms with van der Waals surface area (Å²) in [6.07, 6.45) is 2.98. The Morgan fingerprint density at radius 3 is 2.66 bits per heavy atom. The lowest BCUT2D eigenvalue weighted by Gasteiger charge is -2.32. The number of halogens is 2. The van der Waals surface area contributed by atoms with Gasteiger partial charge in [0.15, 0.2) is 0 Å². The highest BCUT2D eigenvalue weighted by atomic mass is 19.3. The number of ether oxygens (including phenoxy) is 1. The molecule has 1 aliphatic heterocycles. The third-order valence-electron chi connectivity index (χ3n) is 5.51. The Labute approximate surface area is 168 Å². The van der Waals surface area contributed by atoms with Crippen molar-refractivity contribution < 1.29 is 13.5 Å². The smallest absolute Gasteiger partial charge is 0.256 e. The minimum Gasteiger partial charge on any atom is -0.490 e. The van der Waals surface area contributed by atoms with Crippen LogP contribution < -0.4 is 10.3 Å². The summed E-state index contributed by atoms with van der Waals surface area (Å²) >= 11 is 0. The molecule has 1 saturated heterocycles. The fourth-order valence-corrected chi connectivity index (χ4v) is 3.92. The number of piperidine rings is 1. The number of alkyl halides is 2. The van der Waals surface area contributed by atoms with Crippen molar-refractivity contribution in [3.05, 3.63) is 64.7 Å². The van der Waals surface area contributed by atoms with Crippen LogP contribution in [-0.2, 0) is 20.1 Å². The largest absolute Gasteiger partial charge is 0.490 e. The summed E-state index contributed by atoms with van der Waals surface area (Å²) in [5, 5.41) is 0.871. The molecule has 1 aliphatic rings. The number of hydrogen-bond acceptors (Lipinski definition) is 3. The van der Waals surface area contributed by atoms with Crippen molar-refractivity contribution in [1.82, 2.24) is 14.0 Å². The van der Waals surface area contributed by atoms with E-state index in [1.165, 1.54) is 0 Å². The van der Waals surface area contributed by atoms with Gasteiger partial charge in [0.25, 0.3) is 12.0 Å². The van der Waals surface area contributed by atoms with Crippen molar-refractivity contribution in [2.75, 3.05) is 13.1 Å². The molecule has 5 nitrogen and oxygen atoms in total. The van der Waals surface area contributed by atoms with Crippen LogP contribution in [0.1, 0.15) is 18.4 Å². The SMILES string of the molecule is Cn1ccc(CN2CCC(Oc3cccc4c3ccn4CC(F)F)CC2)cc1=O. The van der Waals surface area contributed by atoms with E-state index < -0.39 is 6.43 Å². The molecule has 0 N–H and O–H groups in total. The first-order valence-corrected chi connectivity index (χ1v) is 9.90. The van der Waals surface area contributed by atoms with Crippen LogP contribution in [0, 0.1) is 0 Å². The number of aryl methyl sites for hydroxylation is 1. The summed E-state index contributed by atoms with van der Waals surface area (Å²) < 4.78 is 34.9. The van der Waals surface area contributed by atoms with Gasteiger partial charge in [-0.05, 0) is 42.7 Å². The molecular weight excluding hydrogens is 376 g/mol. The molecule has 0 unspecified atom stereocenters. The Morgan fingerprint density at radius 2 is 1.93 bits per heavy atom. The summed E-state index contributed by atoms with van der Waals surface area (Å²) in [6.45, 7) is 2.23. The van der Waals surface area contributed by atoms with Crippen LogP contribution in [0.2, 0.25) is 0 Å². The normalized spacial score (nSPS) is 16.0. The van der Waals surface area contributed by atoms with Gasteiger partial charge >= 0.3 is 0 Å². The zero-order chi connectivity index (χ0) is 20.4. The third kappa shape index (κ3) is 4.50. The van der Waals surface area contributed by atoms with E-state index in [0.29, 0.717) is 0 Å². The lowest BCUT2D eigenvalue weighted by atomic mass is 10.1. The van der Waals surface area contributed by atoms with Crippen molar-refractivity contribution >= 4 is 10.9 Å². The average Bonchev–Trinajstić information content (AvgIpc) is 3.10. The van der Waals surface area contributed by atoms with E-state index in [0.717, 1.165) is 54.7 Å². The molecule has 0 aliphatic carbocycles. The van der Waals surface area contributed by atoms with E-state index >= 15 is 0 Å². The maximum absolute atomic E-state index is 12.8. The molecule has 0 spiro atoms. The summed E-state index contributed by atoms with van der Waals surface area (Å²) in [6, 6.07) is 11.1. The molecule has 0 bridgehead atoms. The van der Waals surface area contributed by atoms with Gasteiger partial charge < -0.3 is 13.9 Å². The second-order valence-corrected chi connectivity index (χ2v) is 7.63. The third-order valence-corrected chi connectivity index (χ3v) is 5.51. The lowest BCUT2D eigenvalue weighted by Crippen LogP contribution is -2.38. The highest BCUT2D eigenvalue weighted by molar-refractivity contribution is 5.86. The van der Waals surface area contributed by atoms with Crippen LogP contribution in [0.3, 0.4) is 0 Å². The van der Waals surface area contributed by atoms with E-state index in [2.05, 4.69) is 4.90 Å². The van der Waals surface area contributed by atoms with Crippen LogP contribution in [-0.4, -0.2) is 39.7 Å². The maximum atomic E-state index is 12.8. The fraction of sp³-hybridized carbons (Fsp3) is 0.409. The number of hydrogen-bond donors (Lipinski definition) is 0. The molecule has 1 aromatic carbocycles. The first kappa shape index (κ1) is 19.6. The highest BCUT2D eigenvalue weighted by Crippen LogP contribution is 2.29. The molecule has 0 radical (unpaired) electrons. The number of aromatic nitrogens is 2. The number of benzene rings is 1. The van der Waals surface area contributed by atoms with E-state index in [-0.39, 0.29) is 18.2 Å². The minimum atomic E-state index is -2.38. The molecule has 2 aromatic heterocycles. The van der Waals surface area contributed by atoms with E-state index in [1.54, 1.807) is 34.6 Å².